The molecule has 0 fully saturated rings. The molecule has 0 radical (unpaired) electrons. The highest BCUT2D eigenvalue weighted by molar-refractivity contribution is 6.30. The van der Waals surface area contributed by atoms with Gasteiger partial charge >= 0.3 is 0 Å². The second kappa shape index (κ2) is 4.82. The number of hydrogen-bond acceptors (Lipinski definition) is 1. The number of benzene rings is 1. The van der Waals surface area contributed by atoms with Gasteiger partial charge in [-0.3, -0.25) is 0 Å². The molecule has 0 aromatic heterocycles. The van der Waals surface area contributed by atoms with Crippen LogP contribution in [-0.2, 0) is 4.74 Å². The van der Waals surface area contributed by atoms with Gasteiger partial charge in [-0.05, 0) is 49.6 Å². The SMILES string of the molecule is C=C1CC(C)(C)OC2=C1[C@@H](c1cccc(Cl)c1)CC=C2. The first-order valence-corrected chi connectivity index (χ1v) is 7.37. The Bertz CT molecular complexity index is 622. The van der Waals surface area contributed by atoms with Crippen molar-refractivity contribution in [3.05, 3.63) is 70.5 Å². The molecule has 0 spiro atoms. The van der Waals surface area contributed by atoms with Crippen LogP contribution in [-0.4, -0.2) is 5.60 Å². The first kappa shape index (κ1) is 13.5. The average molecular weight is 287 g/mol. The average Bonchev–Trinajstić information content (AvgIpc) is 2.36. The van der Waals surface area contributed by atoms with Crippen molar-refractivity contribution in [2.45, 2.75) is 38.2 Å². The molecule has 20 heavy (non-hydrogen) atoms. The Hall–Kier alpha value is -1.47. The van der Waals surface area contributed by atoms with E-state index in [-0.39, 0.29) is 5.60 Å². The van der Waals surface area contributed by atoms with Gasteiger partial charge in [0.15, 0.2) is 0 Å². The summed E-state index contributed by atoms with van der Waals surface area (Å²) >= 11 is 6.13. The van der Waals surface area contributed by atoms with E-state index in [1.165, 1.54) is 16.7 Å². The minimum absolute atomic E-state index is 0.170. The number of allylic oxidation sites excluding steroid dienone is 3. The Kier molecular flexibility index (Phi) is 3.25. The summed E-state index contributed by atoms with van der Waals surface area (Å²) in [5.74, 6) is 1.28. The zero-order chi connectivity index (χ0) is 14.3. The maximum absolute atomic E-state index is 6.13. The molecule has 1 atom stereocenters. The summed E-state index contributed by atoms with van der Waals surface area (Å²) < 4.78 is 6.13. The third kappa shape index (κ3) is 2.43. The second-order valence-corrected chi connectivity index (χ2v) is 6.60. The summed E-state index contributed by atoms with van der Waals surface area (Å²) in [4.78, 5) is 0. The van der Waals surface area contributed by atoms with Gasteiger partial charge in [-0.25, -0.2) is 0 Å². The van der Waals surface area contributed by atoms with Gasteiger partial charge in [-0.2, -0.15) is 0 Å². The molecule has 0 saturated carbocycles. The smallest absolute Gasteiger partial charge is 0.123 e. The maximum Gasteiger partial charge on any atom is 0.123 e. The Balaban J connectivity index is 2.05. The van der Waals surface area contributed by atoms with E-state index in [1.54, 1.807) is 0 Å². The van der Waals surface area contributed by atoms with E-state index in [9.17, 15) is 0 Å². The highest BCUT2D eigenvalue weighted by Gasteiger charge is 2.35. The first-order valence-electron chi connectivity index (χ1n) is 7.00. The molecule has 1 aliphatic heterocycles. The molecule has 3 rings (SSSR count). The summed E-state index contributed by atoms with van der Waals surface area (Å²) in [7, 11) is 0. The normalized spacial score (nSPS) is 24.4. The zero-order valence-electron chi connectivity index (χ0n) is 11.9. The van der Waals surface area contributed by atoms with Crippen molar-refractivity contribution in [3.8, 4) is 0 Å². The lowest BCUT2D eigenvalue weighted by atomic mass is 9.77. The lowest BCUT2D eigenvalue weighted by molar-refractivity contribution is 0.0308. The number of ether oxygens (including phenoxy) is 1. The minimum atomic E-state index is -0.170. The Morgan fingerprint density at radius 2 is 2.15 bits per heavy atom. The lowest BCUT2D eigenvalue weighted by Gasteiger charge is -2.39. The molecule has 1 nitrogen and oxygen atoms in total. The molecule has 1 aliphatic carbocycles. The van der Waals surface area contributed by atoms with Crippen molar-refractivity contribution < 1.29 is 4.74 Å². The van der Waals surface area contributed by atoms with Gasteiger partial charge in [0.1, 0.15) is 11.4 Å². The van der Waals surface area contributed by atoms with Crippen LogP contribution in [0, 0.1) is 0 Å². The molecular weight excluding hydrogens is 268 g/mol. The third-order valence-electron chi connectivity index (χ3n) is 3.91. The van der Waals surface area contributed by atoms with E-state index >= 15 is 0 Å². The fraction of sp³-hybridized carbons (Fsp3) is 0.333. The highest BCUT2D eigenvalue weighted by atomic mass is 35.5. The fourth-order valence-electron chi connectivity index (χ4n) is 3.17. The van der Waals surface area contributed by atoms with Crippen molar-refractivity contribution in [1.82, 2.24) is 0 Å². The number of hydrogen-bond donors (Lipinski definition) is 0. The van der Waals surface area contributed by atoms with Crippen LogP contribution >= 0.6 is 11.6 Å². The molecule has 0 unspecified atom stereocenters. The molecule has 0 saturated heterocycles. The van der Waals surface area contributed by atoms with Gasteiger partial charge in [0, 0.05) is 22.9 Å². The molecule has 1 aromatic carbocycles. The quantitative estimate of drug-likeness (QED) is 0.672. The van der Waals surface area contributed by atoms with Crippen LogP contribution < -0.4 is 0 Å². The lowest BCUT2D eigenvalue weighted by Crippen LogP contribution is -2.31. The summed E-state index contributed by atoms with van der Waals surface area (Å²) in [6, 6.07) is 8.09. The van der Waals surface area contributed by atoms with E-state index in [1.807, 2.05) is 18.2 Å². The maximum atomic E-state index is 6.13. The predicted molar refractivity (Wildman–Crippen MR) is 83.9 cm³/mol. The van der Waals surface area contributed by atoms with E-state index in [4.69, 9.17) is 16.3 Å². The van der Waals surface area contributed by atoms with Crippen LogP contribution in [0.4, 0.5) is 0 Å². The molecular formula is C18H19ClO. The van der Waals surface area contributed by atoms with Crippen molar-refractivity contribution >= 4 is 11.6 Å². The van der Waals surface area contributed by atoms with E-state index in [2.05, 4.69) is 38.6 Å². The van der Waals surface area contributed by atoms with Crippen LogP contribution in [0.3, 0.4) is 0 Å². The standard InChI is InChI=1S/C18H19ClO/c1-12-11-18(2,3)20-16-9-5-8-15(17(12)16)13-6-4-7-14(19)10-13/h4-7,9-10,15H,1,8,11H2,2-3H3/t15-/m1/s1. The minimum Gasteiger partial charge on any atom is -0.487 e. The number of rotatable bonds is 1. The van der Waals surface area contributed by atoms with Crippen LogP contribution in [0.15, 0.2) is 59.9 Å². The molecule has 2 heteroatoms. The van der Waals surface area contributed by atoms with Crippen LogP contribution in [0.1, 0.15) is 38.2 Å². The van der Waals surface area contributed by atoms with E-state index < -0.39 is 0 Å². The molecule has 2 aliphatic rings. The van der Waals surface area contributed by atoms with E-state index in [0.717, 1.165) is 23.6 Å². The highest BCUT2D eigenvalue weighted by Crippen LogP contribution is 2.45. The van der Waals surface area contributed by atoms with Gasteiger partial charge in [-0.1, -0.05) is 36.4 Å². The monoisotopic (exact) mass is 286 g/mol. The van der Waals surface area contributed by atoms with Crippen LogP contribution in [0.5, 0.6) is 0 Å². The number of halogens is 1. The topological polar surface area (TPSA) is 9.23 Å². The van der Waals surface area contributed by atoms with Crippen molar-refractivity contribution in [3.63, 3.8) is 0 Å². The largest absolute Gasteiger partial charge is 0.487 e. The Morgan fingerprint density at radius 3 is 2.90 bits per heavy atom. The Morgan fingerprint density at radius 1 is 1.35 bits per heavy atom. The predicted octanol–water partition coefficient (Wildman–Crippen LogP) is 5.39. The van der Waals surface area contributed by atoms with E-state index in [0.29, 0.717) is 5.92 Å². The third-order valence-corrected chi connectivity index (χ3v) is 4.15. The van der Waals surface area contributed by atoms with Crippen molar-refractivity contribution in [1.29, 1.82) is 0 Å². The first-order chi connectivity index (χ1) is 9.46. The van der Waals surface area contributed by atoms with Crippen molar-refractivity contribution in [2.75, 3.05) is 0 Å². The summed E-state index contributed by atoms with van der Waals surface area (Å²) in [5, 5.41) is 0.780. The molecule has 0 N–H and O–H groups in total. The van der Waals surface area contributed by atoms with Crippen molar-refractivity contribution in [2.24, 2.45) is 0 Å². The molecule has 0 amide bonds. The molecule has 0 bridgehead atoms. The summed E-state index contributed by atoms with van der Waals surface area (Å²) in [6.45, 7) is 8.51. The zero-order valence-corrected chi connectivity index (χ0v) is 12.7. The van der Waals surface area contributed by atoms with Gasteiger partial charge in [0.05, 0.1) is 0 Å². The summed E-state index contributed by atoms with van der Waals surface area (Å²) in [5.41, 5.74) is 3.50. The van der Waals surface area contributed by atoms with Gasteiger partial charge < -0.3 is 4.74 Å². The Labute approximate surface area is 125 Å². The van der Waals surface area contributed by atoms with Gasteiger partial charge in [0.25, 0.3) is 0 Å². The fourth-order valence-corrected chi connectivity index (χ4v) is 3.37. The van der Waals surface area contributed by atoms with Gasteiger partial charge in [0.2, 0.25) is 0 Å². The molecule has 1 aromatic rings. The molecule has 104 valence electrons. The molecule has 1 heterocycles. The van der Waals surface area contributed by atoms with Gasteiger partial charge in [-0.15, -0.1) is 0 Å². The summed E-state index contributed by atoms with van der Waals surface area (Å²) in [6.07, 6.45) is 6.11. The van der Waals surface area contributed by atoms with Crippen LogP contribution in [0.25, 0.3) is 0 Å². The second-order valence-electron chi connectivity index (χ2n) is 6.17. The van der Waals surface area contributed by atoms with Crippen LogP contribution in [0.2, 0.25) is 5.02 Å².